The van der Waals surface area contributed by atoms with Crippen LogP contribution in [0.2, 0.25) is 0 Å². The van der Waals surface area contributed by atoms with Crippen LogP contribution >= 0.6 is 11.3 Å². The van der Waals surface area contributed by atoms with Gasteiger partial charge in [0.25, 0.3) is 0 Å². The Morgan fingerprint density at radius 2 is 2.33 bits per heavy atom. The highest BCUT2D eigenvalue weighted by molar-refractivity contribution is 7.09. The fourth-order valence-electron chi connectivity index (χ4n) is 1.07. The predicted molar refractivity (Wildman–Crippen MR) is 58.4 cm³/mol. The van der Waals surface area contributed by atoms with Crippen molar-refractivity contribution < 1.29 is 0 Å². The average molecular weight is 216 g/mol. The van der Waals surface area contributed by atoms with Crippen LogP contribution < -0.4 is 5.32 Å². The number of nitrogens with one attached hydrogen (secondary N) is 1. The van der Waals surface area contributed by atoms with Gasteiger partial charge in [-0.3, -0.25) is 4.98 Å². The van der Waals surface area contributed by atoms with Crippen LogP contribution in [0, 0.1) is 11.3 Å². The second-order valence-corrected chi connectivity index (χ2v) is 3.84. The smallest absolute Gasteiger partial charge is 0.126 e. The number of hydrogen-bond acceptors (Lipinski definition) is 5. The Hall–Kier alpha value is -1.93. The fourth-order valence-corrected chi connectivity index (χ4v) is 1.61. The molecule has 15 heavy (non-hydrogen) atoms. The van der Waals surface area contributed by atoms with E-state index < -0.39 is 0 Å². The summed E-state index contributed by atoms with van der Waals surface area (Å²) >= 11 is 1.60. The minimum atomic E-state index is 0.568. The van der Waals surface area contributed by atoms with Crippen LogP contribution in [0.3, 0.4) is 0 Å². The van der Waals surface area contributed by atoms with E-state index in [9.17, 15) is 0 Å². The molecule has 0 radical (unpaired) electrons. The van der Waals surface area contributed by atoms with E-state index in [1.54, 1.807) is 35.2 Å². The zero-order valence-corrected chi connectivity index (χ0v) is 8.66. The third kappa shape index (κ3) is 2.51. The maximum atomic E-state index is 8.59. The molecule has 0 bridgehead atoms. The van der Waals surface area contributed by atoms with Gasteiger partial charge in [-0.05, 0) is 12.1 Å². The van der Waals surface area contributed by atoms with Crippen LogP contribution in [0.15, 0.2) is 30.0 Å². The normalized spacial score (nSPS) is 9.53. The number of nitriles is 1. The van der Waals surface area contributed by atoms with Crippen molar-refractivity contribution in [2.24, 2.45) is 0 Å². The molecule has 0 atom stereocenters. The number of hydrogen-bond donors (Lipinski definition) is 1. The van der Waals surface area contributed by atoms with E-state index >= 15 is 0 Å². The molecule has 74 valence electrons. The molecule has 0 aliphatic rings. The summed E-state index contributed by atoms with van der Waals surface area (Å²) in [5.41, 5.74) is 2.36. The Balaban J connectivity index is 1.97. The van der Waals surface area contributed by atoms with E-state index in [-0.39, 0.29) is 0 Å². The summed E-state index contributed by atoms with van der Waals surface area (Å²) in [6.45, 7) is 0.712. The quantitative estimate of drug-likeness (QED) is 0.852. The van der Waals surface area contributed by atoms with Gasteiger partial charge in [-0.25, -0.2) is 4.98 Å². The second kappa shape index (κ2) is 4.53. The van der Waals surface area contributed by atoms with Gasteiger partial charge in [0, 0.05) is 17.3 Å². The first-order valence-electron chi connectivity index (χ1n) is 4.36. The lowest BCUT2D eigenvalue weighted by Gasteiger charge is -2.02. The molecule has 0 spiro atoms. The maximum Gasteiger partial charge on any atom is 0.126 e. The van der Waals surface area contributed by atoms with Gasteiger partial charge in [-0.15, -0.1) is 11.3 Å². The number of nitrogens with zero attached hydrogens (tertiary/aromatic N) is 3. The molecule has 0 unspecified atom stereocenters. The topological polar surface area (TPSA) is 61.6 Å². The highest BCUT2D eigenvalue weighted by Gasteiger charge is 1.96. The highest BCUT2D eigenvalue weighted by Crippen LogP contribution is 2.09. The summed E-state index contributed by atoms with van der Waals surface area (Å²) in [4.78, 5) is 9.23. The van der Waals surface area contributed by atoms with Crippen LogP contribution in [-0.4, -0.2) is 9.97 Å². The average Bonchev–Trinajstić information content (AvgIpc) is 2.80. The molecule has 0 saturated heterocycles. The van der Waals surface area contributed by atoms with Gasteiger partial charge in [0.2, 0.25) is 0 Å². The van der Waals surface area contributed by atoms with Crippen molar-refractivity contribution in [3.8, 4) is 6.07 Å². The molecule has 0 aliphatic heterocycles. The molecular formula is C10H8N4S. The second-order valence-electron chi connectivity index (χ2n) is 2.87. The molecule has 2 aromatic heterocycles. The lowest BCUT2D eigenvalue weighted by molar-refractivity contribution is 1.13. The Kier molecular flexibility index (Phi) is 2.90. The molecule has 2 rings (SSSR count). The number of pyridine rings is 1. The molecule has 0 aliphatic carbocycles. The Labute approximate surface area is 91.2 Å². The van der Waals surface area contributed by atoms with E-state index in [0.717, 1.165) is 10.7 Å². The largest absolute Gasteiger partial charge is 0.365 e. The van der Waals surface area contributed by atoms with E-state index in [4.69, 9.17) is 5.26 Å². The van der Waals surface area contributed by atoms with Crippen molar-refractivity contribution in [1.82, 2.24) is 9.97 Å². The van der Waals surface area contributed by atoms with E-state index in [0.29, 0.717) is 12.1 Å². The first-order chi connectivity index (χ1) is 7.38. The van der Waals surface area contributed by atoms with E-state index in [2.05, 4.69) is 15.3 Å². The fraction of sp³-hybridized carbons (Fsp3) is 0.100. The zero-order chi connectivity index (χ0) is 10.5. The molecule has 0 saturated carbocycles. The van der Waals surface area contributed by atoms with Crippen molar-refractivity contribution >= 4 is 17.2 Å². The first kappa shape index (κ1) is 9.62. The van der Waals surface area contributed by atoms with Crippen molar-refractivity contribution in [2.45, 2.75) is 6.54 Å². The van der Waals surface area contributed by atoms with Gasteiger partial charge in [0.15, 0.2) is 0 Å². The van der Waals surface area contributed by atoms with Crippen LogP contribution in [0.25, 0.3) is 0 Å². The summed E-state index contributed by atoms with van der Waals surface area (Å²) in [5, 5.41) is 11.7. The molecule has 4 nitrogen and oxygen atoms in total. The number of anilines is 1. The van der Waals surface area contributed by atoms with E-state index in [1.807, 2.05) is 12.3 Å². The summed E-state index contributed by atoms with van der Waals surface area (Å²) in [6.07, 6.45) is 3.37. The van der Waals surface area contributed by atoms with Crippen LogP contribution in [0.1, 0.15) is 10.4 Å². The van der Waals surface area contributed by atoms with Crippen molar-refractivity contribution in [1.29, 1.82) is 5.26 Å². The minimum absolute atomic E-state index is 0.568. The molecule has 0 fully saturated rings. The zero-order valence-electron chi connectivity index (χ0n) is 7.84. The van der Waals surface area contributed by atoms with Crippen LogP contribution in [0.4, 0.5) is 5.82 Å². The summed E-state index contributed by atoms with van der Waals surface area (Å²) in [7, 11) is 0. The van der Waals surface area contributed by atoms with Gasteiger partial charge in [-0.1, -0.05) is 0 Å². The van der Waals surface area contributed by atoms with Gasteiger partial charge in [-0.2, -0.15) is 5.26 Å². The van der Waals surface area contributed by atoms with Crippen molar-refractivity contribution in [2.75, 3.05) is 5.32 Å². The first-order valence-corrected chi connectivity index (χ1v) is 5.24. The molecule has 2 heterocycles. The van der Waals surface area contributed by atoms with Gasteiger partial charge in [0.1, 0.15) is 11.9 Å². The minimum Gasteiger partial charge on any atom is -0.365 e. The predicted octanol–water partition coefficient (Wildman–Crippen LogP) is 2.02. The number of rotatable bonds is 3. The van der Waals surface area contributed by atoms with Crippen molar-refractivity contribution in [3.05, 3.63) is 40.5 Å². The van der Waals surface area contributed by atoms with Gasteiger partial charge >= 0.3 is 0 Å². The van der Waals surface area contributed by atoms with Crippen molar-refractivity contribution in [3.63, 3.8) is 0 Å². The standard InChI is InChI=1S/C10H8N4S/c11-3-8-1-2-10(13-4-8)14-6-9-5-12-7-15-9/h1-2,4-5,7H,6H2,(H,13,14). The lowest BCUT2D eigenvalue weighted by Crippen LogP contribution is -1.99. The van der Waals surface area contributed by atoms with Gasteiger partial charge in [0.05, 0.1) is 17.6 Å². The third-order valence-electron chi connectivity index (χ3n) is 1.82. The molecule has 1 N–H and O–H groups in total. The summed E-state index contributed by atoms with van der Waals surface area (Å²) < 4.78 is 0. The van der Waals surface area contributed by atoms with E-state index in [1.165, 1.54) is 0 Å². The third-order valence-corrected chi connectivity index (χ3v) is 2.60. The molecule has 0 aromatic carbocycles. The number of thiazole rings is 1. The lowest BCUT2D eigenvalue weighted by atomic mass is 10.3. The Morgan fingerprint density at radius 3 is 2.93 bits per heavy atom. The monoisotopic (exact) mass is 216 g/mol. The van der Waals surface area contributed by atoms with Gasteiger partial charge < -0.3 is 5.32 Å². The SMILES string of the molecule is N#Cc1ccc(NCc2cncs2)nc1. The maximum absolute atomic E-state index is 8.59. The van der Waals surface area contributed by atoms with Crippen LogP contribution in [0.5, 0.6) is 0 Å². The summed E-state index contributed by atoms with van der Waals surface area (Å²) in [6, 6.07) is 5.55. The molecule has 0 amide bonds. The summed E-state index contributed by atoms with van der Waals surface area (Å²) in [5.74, 6) is 0.766. The molecule has 2 aromatic rings. The molecule has 5 heteroatoms. The molecular weight excluding hydrogens is 208 g/mol. The Bertz CT molecular complexity index is 455. The Morgan fingerprint density at radius 1 is 1.40 bits per heavy atom. The van der Waals surface area contributed by atoms with Crippen LogP contribution in [-0.2, 0) is 6.54 Å². The highest BCUT2D eigenvalue weighted by atomic mass is 32.1. The number of aromatic nitrogens is 2.